The van der Waals surface area contributed by atoms with E-state index in [0.29, 0.717) is 25.2 Å². The summed E-state index contributed by atoms with van der Waals surface area (Å²) < 4.78 is 3.62. The van der Waals surface area contributed by atoms with Crippen molar-refractivity contribution in [3.63, 3.8) is 0 Å². The van der Waals surface area contributed by atoms with Gasteiger partial charge in [-0.25, -0.2) is 5.21 Å². The molecule has 8 nitrogen and oxygen atoms in total. The summed E-state index contributed by atoms with van der Waals surface area (Å²) in [6.07, 6.45) is 2.89. The highest BCUT2D eigenvalue weighted by Gasteiger charge is 2.37. The second-order valence-electron chi connectivity index (χ2n) is 8.10. The summed E-state index contributed by atoms with van der Waals surface area (Å²) in [5.74, 6) is 0.193. The number of amides is 1. The highest BCUT2D eigenvalue weighted by molar-refractivity contribution is 5.98. The first-order valence-electron chi connectivity index (χ1n) is 9.74. The van der Waals surface area contributed by atoms with Crippen LogP contribution in [0.4, 0.5) is 5.69 Å². The van der Waals surface area contributed by atoms with Gasteiger partial charge in [0.05, 0.1) is 0 Å². The smallest absolute Gasteiger partial charge is 0.315 e. The minimum Gasteiger partial charge on any atom is -0.595 e. The molecule has 1 aromatic carbocycles. The molecule has 29 heavy (non-hydrogen) atoms. The average molecular weight is 394 g/mol. The number of nitrogens with zero attached hydrogens (tertiary/aromatic N) is 3. The molecule has 1 saturated heterocycles. The molecule has 0 saturated carbocycles. The minimum atomic E-state index is -1.20. The van der Waals surface area contributed by atoms with Gasteiger partial charge in [0.25, 0.3) is 5.91 Å². The van der Waals surface area contributed by atoms with E-state index in [1.165, 1.54) is 6.07 Å². The van der Waals surface area contributed by atoms with Crippen LogP contribution in [0.5, 0.6) is 0 Å². The van der Waals surface area contributed by atoms with Crippen molar-refractivity contribution < 1.29 is 15.2 Å². The van der Waals surface area contributed by atoms with Crippen LogP contribution in [0.3, 0.4) is 0 Å². The number of likely N-dealkylation sites (tertiary alicyclic amines) is 1. The molecule has 0 aliphatic carbocycles. The van der Waals surface area contributed by atoms with Gasteiger partial charge in [-0.05, 0) is 42.7 Å². The van der Waals surface area contributed by atoms with Crippen molar-refractivity contribution in [2.45, 2.75) is 18.9 Å². The van der Waals surface area contributed by atoms with Crippen LogP contribution in [0.1, 0.15) is 28.4 Å². The second kappa shape index (κ2) is 6.55. The number of carbonyl (C=O) groups is 1. The fourth-order valence-electron chi connectivity index (χ4n) is 4.87. The van der Waals surface area contributed by atoms with Crippen molar-refractivity contribution >= 4 is 22.5 Å². The average Bonchev–Trinajstić information content (AvgIpc) is 3.08. The first-order valence-corrected chi connectivity index (χ1v) is 9.74. The Bertz CT molecular complexity index is 1180. The highest BCUT2D eigenvalue weighted by Crippen LogP contribution is 2.36. The topological polar surface area (TPSA) is 95.0 Å². The van der Waals surface area contributed by atoms with Crippen LogP contribution in [0, 0.1) is 11.1 Å². The zero-order valence-electron chi connectivity index (χ0n) is 16.0. The van der Waals surface area contributed by atoms with E-state index >= 15 is 0 Å². The van der Waals surface area contributed by atoms with Crippen LogP contribution in [0.25, 0.3) is 10.9 Å². The second-order valence-corrected chi connectivity index (χ2v) is 8.10. The number of aromatic nitrogens is 2. The van der Waals surface area contributed by atoms with Gasteiger partial charge in [-0.1, -0.05) is 0 Å². The summed E-state index contributed by atoms with van der Waals surface area (Å²) in [5.41, 5.74) is 1.94. The fraction of sp³-hybridized carbons (Fsp3) is 0.333. The number of quaternary nitrogens is 1. The zero-order valence-corrected chi connectivity index (χ0v) is 16.0. The largest absolute Gasteiger partial charge is 0.595 e. The van der Waals surface area contributed by atoms with Gasteiger partial charge in [0.15, 0.2) is 0 Å². The summed E-state index contributed by atoms with van der Waals surface area (Å²) in [6, 6.07) is 10.9. The van der Waals surface area contributed by atoms with E-state index in [1.54, 1.807) is 10.6 Å². The van der Waals surface area contributed by atoms with Crippen molar-refractivity contribution in [3.8, 4) is 0 Å². The maximum absolute atomic E-state index is 13.2. The Morgan fingerprint density at radius 1 is 1.17 bits per heavy atom. The van der Waals surface area contributed by atoms with Crippen molar-refractivity contribution in [2.24, 2.45) is 13.0 Å². The van der Waals surface area contributed by atoms with Gasteiger partial charge in [0, 0.05) is 67.0 Å². The molecule has 1 unspecified atom stereocenters. The van der Waals surface area contributed by atoms with E-state index in [4.69, 9.17) is 0 Å². The Balaban J connectivity index is 1.44. The predicted octanol–water partition coefficient (Wildman–Crippen LogP) is 1.00. The third kappa shape index (κ3) is 2.88. The number of carbonyl (C=O) groups excluding carboxylic acids is 1. The Hall–Kier alpha value is -2.94. The normalized spacial score (nSPS) is 21.8. The standard InChI is InChI=1S/C21H22N4O4/c1-22-7-6-14-9-15(2-3-17(14)22)20(26)23-10-13-8-16(12-23)18-4-5-19(25(28)29)21(27)24(18)11-13/h2-7,9,13,16,25,28H,8,10-12H2,1H3/t13-,16-/m0/s1. The van der Waals surface area contributed by atoms with Crippen molar-refractivity contribution in [1.82, 2.24) is 14.0 Å². The van der Waals surface area contributed by atoms with Gasteiger partial charge in [-0.3, -0.25) is 9.59 Å². The molecular formula is C21H22N4O4. The van der Waals surface area contributed by atoms with Crippen molar-refractivity contribution in [1.29, 1.82) is 0 Å². The summed E-state index contributed by atoms with van der Waals surface area (Å²) in [6.45, 7) is 1.56. The van der Waals surface area contributed by atoms with Crippen molar-refractivity contribution in [2.75, 3.05) is 13.1 Å². The molecule has 4 heterocycles. The number of hydrogen-bond donors (Lipinski definition) is 2. The number of piperidine rings is 1. The van der Waals surface area contributed by atoms with E-state index in [1.807, 2.05) is 47.0 Å². The summed E-state index contributed by atoms with van der Waals surface area (Å²) >= 11 is 0. The van der Waals surface area contributed by atoms with Crippen LogP contribution in [-0.2, 0) is 13.6 Å². The van der Waals surface area contributed by atoms with E-state index < -0.39 is 10.8 Å². The molecule has 2 N–H and O–H groups in total. The Labute approximate surface area is 166 Å². The van der Waals surface area contributed by atoms with Crippen LogP contribution >= 0.6 is 0 Å². The third-order valence-corrected chi connectivity index (χ3v) is 6.25. The van der Waals surface area contributed by atoms with E-state index in [9.17, 15) is 20.0 Å². The Morgan fingerprint density at radius 3 is 2.79 bits per heavy atom. The zero-order chi connectivity index (χ0) is 20.3. The van der Waals surface area contributed by atoms with Gasteiger partial charge in [0.1, 0.15) is 0 Å². The summed E-state index contributed by atoms with van der Waals surface area (Å²) in [5, 5.41) is 20.3. The predicted molar refractivity (Wildman–Crippen MR) is 106 cm³/mol. The SMILES string of the molecule is Cn1ccc2cc(C(=O)N3C[C@@H]4C[C@@H](C3)c3ccc([NH+]([O-])O)c(=O)n3C4)ccc21. The molecule has 2 aliphatic heterocycles. The number of pyridine rings is 1. The maximum atomic E-state index is 13.2. The van der Waals surface area contributed by atoms with E-state index in [2.05, 4.69) is 0 Å². The van der Waals surface area contributed by atoms with E-state index in [0.717, 1.165) is 23.0 Å². The molecule has 2 bridgehead atoms. The first kappa shape index (κ1) is 18.1. The molecule has 3 aromatic rings. The van der Waals surface area contributed by atoms with Crippen molar-refractivity contribution in [3.05, 3.63) is 69.4 Å². The number of rotatable bonds is 2. The number of aryl methyl sites for hydroxylation is 1. The molecule has 3 atom stereocenters. The molecule has 2 aliphatic rings. The number of hydrogen-bond acceptors (Lipinski definition) is 4. The molecule has 1 fully saturated rings. The first-order chi connectivity index (χ1) is 13.9. The molecule has 8 heteroatoms. The van der Waals surface area contributed by atoms with Crippen LogP contribution in [0.15, 0.2) is 47.4 Å². The summed E-state index contributed by atoms with van der Waals surface area (Å²) in [7, 11) is 1.98. The van der Waals surface area contributed by atoms with Crippen LogP contribution < -0.4 is 10.8 Å². The Morgan fingerprint density at radius 2 is 2.00 bits per heavy atom. The molecular weight excluding hydrogens is 372 g/mol. The molecule has 150 valence electrons. The quantitative estimate of drug-likeness (QED) is 0.634. The molecule has 0 spiro atoms. The van der Waals surface area contributed by atoms with Crippen LogP contribution in [0.2, 0.25) is 0 Å². The van der Waals surface area contributed by atoms with E-state index in [-0.39, 0.29) is 23.4 Å². The molecule has 2 aromatic heterocycles. The lowest BCUT2D eigenvalue weighted by Gasteiger charge is -2.42. The fourth-order valence-corrected chi connectivity index (χ4v) is 4.87. The third-order valence-electron chi connectivity index (χ3n) is 6.25. The van der Waals surface area contributed by atoms with Gasteiger partial charge in [-0.15, -0.1) is 0 Å². The van der Waals surface area contributed by atoms with Crippen LogP contribution in [-0.4, -0.2) is 38.2 Å². The lowest BCUT2D eigenvalue weighted by molar-refractivity contribution is -0.992. The minimum absolute atomic E-state index is 0.00315. The molecule has 5 rings (SSSR count). The maximum Gasteiger partial charge on any atom is 0.315 e. The van der Waals surface area contributed by atoms with Gasteiger partial charge < -0.3 is 19.2 Å². The molecule has 1 amide bonds. The van der Waals surface area contributed by atoms with Gasteiger partial charge in [-0.2, -0.15) is 5.23 Å². The molecule has 0 radical (unpaired) electrons. The van der Waals surface area contributed by atoms with Gasteiger partial charge in [0.2, 0.25) is 5.69 Å². The highest BCUT2D eigenvalue weighted by atomic mass is 16.8. The lowest BCUT2D eigenvalue weighted by atomic mass is 9.83. The number of fused-ring (bicyclic) bond motifs is 5. The van der Waals surface area contributed by atoms with Gasteiger partial charge >= 0.3 is 5.56 Å². The lowest BCUT2D eigenvalue weighted by Crippen LogP contribution is -3.00. The number of nitrogens with one attached hydrogen (secondary N) is 1. The monoisotopic (exact) mass is 394 g/mol. The Kier molecular flexibility index (Phi) is 4.09. The summed E-state index contributed by atoms with van der Waals surface area (Å²) in [4.78, 5) is 27.6. The number of benzene rings is 1.